The van der Waals surface area contributed by atoms with Crippen molar-refractivity contribution in [2.75, 3.05) is 5.75 Å². The summed E-state index contributed by atoms with van der Waals surface area (Å²) in [6.07, 6.45) is 0.712. The molecule has 0 bridgehead atoms. The summed E-state index contributed by atoms with van der Waals surface area (Å²) in [5, 5.41) is 0. The Kier molecular flexibility index (Phi) is 7.63. The molecule has 0 N–H and O–H groups in total. The highest BCUT2D eigenvalue weighted by molar-refractivity contribution is 7.87. The number of rotatable bonds is 9. The smallest absolute Gasteiger partial charge is 0.308 e. The molecule has 0 spiro atoms. The summed E-state index contributed by atoms with van der Waals surface area (Å²) in [6, 6.07) is 16.7. The second kappa shape index (κ2) is 9.73. The molecule has 1 atom stereocenters. The van der Waals surface area contributed by atoms with Crippen LogP contribution in [0, 0.1) is 0 Å². The topological polar surface area (TPSA) is 63.7 Å². The predicted molar refractivity (Wildman–Crippen MR) is 112 cm³/mol. The number of amides is 1. The molecule has 0 saturated heterocycles. The Morgan fingerprint density at radius 3 is 2.29 bits per heavy atom. The van der Waals surface area contributed by atoms with Crippen LogP contribution in [0.25, 0.3) is 0 Å². The van der Waals surface area contributed by atoms with Crippen molar-refractivity contribution in [3.05, 3.63) is 65.7 Å². The van der Waals surface area contributed by atoms with E-state index in [1.807, 2.05) is 62.1 Å². The van der Waals surface area contributed by atoms with Crippen molar-refractivity contribution in [1.29, 1.82) is 0 Å². The molecule has 0 aliphatic carbocycles. The molecule has 0 unspecified atom stereocenters. The Morgan fingerprint density at radius 2 is 1.71 bits per heavy atom. The zero-order chi connectivity index (χ0) is 20.7. The van der Waals surface area contributed by atoms with Crippen LogP contribution in [0.3, 0.4) is 0 Å². The minimum atomic E-state index is -3.58. The van der Waals surface area contributed by atoms with Gasteiger partial charge in [0, 0.05) is 12.6 Å². The van der Waals surface area contributed by atoms with Crippen LogP contribution in [-0.4, -0.2) is 31.0 Å². The zero-order valence-corrected chi connectivity index (χ0v) is 17.8. The van der Waals surface area contributed by atoms with Crippen LogP contribution >= 0.6 is 0 Å². The van der Waals surface area contributed by atoms with Gasteiger partial charge in [0.15, 0.2) is 0 Å². The third-order valence-corrected chi connectivity index (χ3v) is 5.80. The van der Waals surface area contributed by atoms with Gasteiger partial charge in [-0.15, -0.1) is 0 Å². The van der Waals surface area contributed by atoms with Gasteiger partial charge >= 0.3 is 10.1 Å². The van der Waals surface area contributed by atoms with E-state index in [4.69, 9.17) is 4.18 Å². The molecule has 6 heteroatoms. The lowest BCUT2D eigenvalue weighted by molar-refractivity contribution is -0.135. The summed E-state index contributed by atoms with van der Waals surface area (Å²) in [5.74, 6) is 0.0358. The number of carbonyl (C=O) groups excluding carboxylic acids is 1. The van der Waals surface area contributed by atoms with Crippen molar-refractivity contribution in [1.82, 2.24) is 4.90 Å². The maximum Gasteiger partial charge on any atom is 0.308 e. The zero-order valence-electron chi connectivity index (χ0n) is 17.0. The maximum absolute atomic E-state index is 13.3. The van der Waals surface area contributed by atoms with Crippen molar-refractivity contribution in [3.63, 3.8) is 0 Å². The van der Waals surface area contributed by atoms with E-state index in [9.17, 15) is 13.2 Å². The molecule has 0 saturated carbocycles. The second-order valence-corrected chi connectivity index (χ2v) is 8.87. The van der Waals surface area contributed by atoms with Gasteiger partial charge in [-0.2, -0.15) is 8.42 Å². The average molecular weight is 404 g/mol. The number of carbonyl (C=O) groups is 1. The van der Waals surface area contributed by atoms with Gasteiger partial charge in [0.1, 0.15) is 5.75 Å². The van der Waals surface area contributed by atoms with Gasteiger partial charge in [0.05, 0.1) is 11.7 Å². The molecule has 5 nitrogen and oxygen atoms in total. The normalized spacial score (nSPS) is 12.6. The van der Waals surface area contributed by atoms with Crippen molar-refractivity contribution in [2.45, 2.75) is 52.6 Å². The van der Waals surface area contributed by atoms with Gasteiger partial charge in [-0.05, 0) is 50.5 Å². The van der Waals surface area contributed by atoms with E-state index in [2.05, 4.69) is 0 Å². The lowest BCUT2D eigenvalue weighted by Crippen LogP contribution is -2.39. The fourth-order valence-electron chi connectivity index (χ4n) is 3.05. The molecule has 2 aromatic rings. The molecule has 0 aliphatic heterocycles. The molecule has 2 aromatic carbocycles. The summed E-state index contributed by atoms with van der Waals surface area (Å²) in [6.45, 7) is 7.91. The molecule has 0 heterocycles. The Labute approximate surface area is 168 Å². The molecule has 0 aliphatic rings. The highest BCUT2D eigenvalue weighted by Gasteiger charge is 2.26. The number of benzene rings is 2. The van der Waals surface area contributed by atoms with Gasteiger partial charge in [-0.1, -0.05) is 49.4 Å². The fraction of sp³-hybridized carbons (Fsp3) is 0.409. The highest BCUT2D eigenvalue weighted by atomic mass is 32.2. The SMILES string of the molecule is CC[C@H](C(=O)N(Cc1cccc(OS(=O)(=O)CC)c1)C(C)C)c1ccccc1. The van der Waals surface area contributed by atoms with E-state index in [1.54, 1.807) is 18.2 Å². The van der Waals surface area contributed by atoms with Crippen molar-refractivity contribution in [3.8, 4) is 5.75 Å². The van der Waals surface area contributed by atoms with Crippen molar-refractivity contribution in [2.24, 2.45) is 0 Å². The quantitative estimate of drug-likeness (QED) is 0.584. The molecule has 0 aromatic heterocycles. The Morgan fingerprint density at radius 1 is 1.04 bits per heavy atom. The molecule has 1 amide bonds. The summed E-state index contributed by atoms with van der Waals surface area (Å²) in [5.41, 5.74) is 1.83. The van der Waals surface area contributed by atoms with Gasteiger partial charge in [-0.25, -0.2) is 0 Å². The molecular weight excluding hydrogens is 374 g/mol. The van der Waals surface area contributed by atoms with E-state index >= 15 is 0 Å². The molecular formula is C22H29NO4S. The average Bonchev–Trinajstić information content (AvgIpc) is 2.67. The standard InChI is InChI=1S/C22H29NO4S/c1-5-21(19-12-8-7-9-13-19)22(24)23(17(3)4)16-18-11-10-14-20(15-18)27-28(25,26)6-2/h7-15,17,21H,5-6,16H2,1-4H3/t21-/m0/s1. The van der Waals surface area contributed by atoms with Gasteiger partial charge in [0.25, 0.3) is 0 Å². The molecule has 0 radical (unpaired) electrons. The summed E-state index contributed by atoms with van der Waals surface area (Å²) in [4.78, 5) is 15.1. The molecule has 2 rings (SSSR count). The Hall–Kier alpha value is -2.34. The third-order valence-electron chi connectivity index (χ3n) is 4.64. The van der Waals surface area contributed by atoms with Crippen LogP contribution in [0.15, 0.2) is 54.6 Å². The fourth-order valence-corrected chi connectivity index (χ4v) is 3.57. The predicted octanol–water partition coefficient (Wildman–Crippen LogP) is 4.35. The molecule has 28 heavy (non-hydrogen) atoms. The monoisotopic (exact) mass is 403 g/mol. The molecule has 0 fully saturated rings. The van der Waals surface area contributed by atoms with Gasteiger partial charge in [-0.3, -0.25) is 4.79 Å². The number of nitrogens with zero attached hydrogens (tertiary/aromatic N) is 1. The lowest BCUT2D eigenvalue weighted by Gasteiger charge is -2.31. The molecule has 152 valence electrons. The summed E-state index contributed by atoms with van der Waals surface area (Å²) < 4.78 is 28.5. The van der Waals surface area contributed by atoms with E-state index in [-0.39, 0.29) is 29.4 Å². The van der Waals surface area contributed by atoms with Crippen molar-refractivity contribution < 1.29 is 17.4 Å². The Balaban J connectivity index is 2.24. The van der Waals surface area contributed by atoms with Gasteiger partial charge in [0.2, 0.25) is 5.91 Å². The Bertz CT molecular complexity index is 878. The summed E-state index contributed by atoms with van der Waals surface area (Å²) >= 11 is 0. The number of hydrogen-bond acceptors (Lipinski definition) is 4. The minimum absolute atomic E-state index is 0.00853. The van der Waals surface area contributed by atoms with Gasteiger partial charge < -0.3 is 9.08 Å². The van der Waals surface area contributed by atoms with E-state index in [0.29, 0.717) is 13.0 Å². The van der Waals surface area contributed by atoms with Crippen molar-refractivity contribution >= 4 is 16.0 Å². The first-order valence-electron chi connectivity index (χ1n) is 9.64. The largest absolute Gasteiger partial charge is 0.382 e. The van der Waals surface area contributed by atoms with Crippen LogP contribution in [0.2, 0.25) is 0 Å². The van der Waals surface area contributed by atoms with E-state index in [0.717, 1.165) is 11.1 Å². The van der Waals surface area contributed by atoms with Crippen LogP contribution in [0.4, 0.5) is 0 Å². The number of hydrogen-bond donors (Lipinski definition) is 0. The first-order chi connectivity index (χ1) is 13.3. The minimum Gasteiger partial charge on any atom is -0.382 e. The first kappa shape index (κ1) is 22.0. The van der Waals surface area contributed by atoms with Crippen LogP contribution in [0.1, 0.15) is 51.2 Å². The first-order valence-corrected chi connectivity index (χ1v) is 11.2. The maximum atomic E-state index is 13.3. The van der Waals surface area contributed by atoms with Crippen LogP contribution < -0.4 is 4.18 Å². The van der Waals surface area contributed by atoms with E-state index < -0.39 is 10.1 Å². The highest BCUT2D eigenvalue weighted by Crippen LogP contribution is 2.25. The lowest BCUT2D eigenvalue weighted by atomic mass is 9.94. The summed E-state index contributed by atoms with van der Waals surface area (Å²) in [7, 11) is -3.58. The van der Waals surface area contributed by atoms with Crippen LogP contribution in [0.5, 0.6) is 5.75 Å². The second-order valence-electron chi connectivity index (χ2n) is 7.01. The van der Waals surface area contributed by atoms with E-state index in [1.165, 1.54) is 6.92 Å². The third kappa shape index (κ3) is 5.83. The van der Waals surface area contributed by atoms with Crippen LogP contribution in [-0.2, 0) is 21.5 Å².